The zero-order valence-electron chi connectivity index (χ0n) is 10.6. The van der Waals surface area contributed by atoms with E-state index in [1.165, 1.54) is 31.5 Å². The lowest BCUT2D eigenvalue weighted by atomic mass is 10.2. The molecule has 0 bridgehead atoms. The first-order chi connectivity index (χ1) is 9.61. The molecule has 0 saturated carbocycles. The Balaban J connectivity index is 2.04. The monoisotopic (exact) mass is 279 g/mol. The summed E-state index contributed by atoms with van der Waals surface area (Å²) < 4.78 is 36.0. The number of pyridine rings is 1. The Hall–Kier alpha value is -2.50. The normalized spacial score (nSPS) is 10.2. The van der Waals surface area contributed by atoms with Crippen LogP contribution in [0.5, 0.6) is 5.75 Å². The van der Waals surface area contributed by atoms with E-state index in [0.29, 0.717) is 11.3 Å². The lowest BCUT2D eigenvalue weighted by molar-refractivity contribution is 0.0600. The largest absolute Gasteiger partial charge is 0.484 e. The van der Waals surface area contributed by atoms with Gasteiger partial charge in [0.2, 0.25) is 5.82 Å². The molecule has 0 amide bonds. The molecular formula is C14H11F2NO3. The van der Waals surface area contributed by atoms with Gasteiger partial charge in [-0.05, 0) is 24.3 Å². The van der Waals surface area contributed by atoms with Crippen molar-refractivity contribution in [2.24, 2.45) is 0 Å². The fourth-order valence-corrected chi connectivity index (χ4v) is 1.50. The van der Waals surface area contributed by atoms with Gasteiger partial charge < -0.3 is 9.47 Å². The molecule has 0 saturated heterocycles. The maximum atomic E-state index is 13.3. The van der Waals surface area contributed by atoms with Gasteiger partial charge >= 0.3 is 5.97 Å². The van der Waals surface area contributed by atoms with Crippen molar-refractivity contribution in [1.82, 2.24) is 4.98 Å². The smallest absolute Gasteiger partial charge is 0.339 e. The van der Waals surface area contributed by atoms with Gasteiger partial charge in [-0.3, -0.25) is 4.98 Å². The minimum absolute atomic E-state index is 0.0399. The van der Waals surface area contributed by atoms with Crippen LogP contribution in [0.3, 0.4) is 0 Å². The summed E-state index contributed by atoms with van der Waals surface area (Å²) in [6, 6.07) is 6.73. The third-order valence-electron chi connectivity index (χ3n) is 2.54. The number of esters is 1. The molecule has 4 nitrogen and oxygen atoms in total. The SMILES string of the molecule is COC(=O)c1ccc(COc2cccc(F)c2F)nc1. The molecule has 2 aromatic rings. The zero-order valence-corrected chi connectivity index (χ0v) is 10.6. The van der Waals surface area contributed by atoms with Crippen molar-refractivity contribution < 1.29 is 23.0 Å². The van der Waals surface area contributed by atoms with Crippen molar-refractivity contribution in [1.29, 1.82) is 0 Å². The molecule has 0 aliphatic rings. The highest BCUT2D eigenvalue weighted by atomic mass is 19.2. The van der Waals surface area contributed by atoms with E-state index in [9.17, 15) is 13.6 Å². The first kappa shape index (κ1) is 13.9. The average molecular weight is 279 g/mol. The number of hydrogen-bond donors (Lipinski definition) is 0. The van der Waals surface area contributed by atoms with Gasteiger partial charge in [0.1, 0.15) is 6.61 Å². The molecule has 0 spiro atoms. The van der Waals surface area contributed by atoms with E-state index in [4.69, 9.17) is 4.74 Å². The Kier molecular flexibility index (Phi) is 4.24. The molecule has 1 aromatic heterocycles. The summed E-state index contributed by atoms with van der Waals surface area (Å²) in [5.41, 5.74) is 0.773. The molecule has 0 radical (unpaired) electrons. The van der Waals surface area contributed by atoms with Crippen LogP contribution in [0.4, 0.5) is 8.78 Å². The summed E-state index contributed by atoms with van der Waals surface area (Å²) in [7, 11) is 1.27. The van der Waals surface area contributed by atoms with Gasteiger partial charge in [-0.1, -0.05) is 6.07 Å². The minimum Gasteiger partial charge on any atom is -0.484 e. The van der Waals surface area contributed by atoms with E-state index in [2.05, 4.69) is 9.72 Å². The number of hydrogen-bond acceptors (Lipinski definition) is 4. The fraction of sp³-hybridized carbons (Fsp3) is 0.143. The van der Waals surface area contributed by atoms with E-state index >= 15 is 0 Å². The predicted molar refractivity (Wildman–Crippen MR) is 66.3 cm³/mol. The molecule has 20 heavy (non-hydrogen) atoms. The second-order valence-corrected chi connectivity index (χ2v) is 3.87. The van der Waals surface area contributed by atoms with Crippen LogP contribution in [0.25, 0.3) is 0 Å². The summed E-state index contributed by atoms with van der Waals surface area (Å²) in [5, 5.41) is 0. The van der Waals surface area contributed by atoms with Crippen molar-refractivity contribution in [3.05, 3.63) is 59.4 Å². The summed E-state index contributed by atoms with van der Waals surface area (Å²) in [5.74, 6) is -2.71. The van der Waals surface area contributed by atoms with E-state index in [-0.39, 0.29) is 12.4 Å². The fourth-order valence-electron chi connectivity index (χ4n) is 1.50. The molecule has 0 unspecified atom stereocenters. The maximum Gasteiger partial charge on any atom is 0.339 e. The van der Waals surface area contributed by atoms with Gasteiger partial charge in [-0.25, -0.2) is 9.18 Å². The van der Waals surface area contributed by atoms with Crippen LogP contribution in [0.2, 0.25) is 0 Å². The van der Waals surface area contributed by atoms with E-state index in [0.717, 1.165) is 6.07 Å². The number of benzene rings is 1. The zero-order chi connectivity index (χ0) is 14.5. The molecule has 0 fully saturated rings. The first-order valence-corrected chi connectivity index (χ1v) is 5.72. The third kappa shape index (κ3) is 3.09. The molecule has 6 heteroatoms. The summed E-state index contributed by atoms with van der Waals surface area (Å²) in [4.78, 5) is 15.2. The number of nitrogens with zero attached hydrogens (tertiary/aromatic N) is 1. The predicted octanol–water partition coefficient (Wildman–Crippen LogP) is 2.73. The standard InChI is InChI=1S/C14H11F2NO3/c1-19-14(18)9-5-6-10(17-7-9)8-20-12-4-2-3-11(15)13(12)16/h2-7H,8H2,1H3. The van der Waals surface area contributed by atoms with Gasteiger partial charge in [-0.2, -0.15) is 4.39 Å². The molecule has 0 aliphatic heterocycles. The van der Waals surface area contributed by atoms with Crippen molar-refractivity contribution >= 4 is 5.97 Å². The molecular weight excluding hydrogens is 268 g/mol. The Bertz CT molecular complexity index is 614. The molecule has 104 valence electrons. The second kappa shape index (κ2) is 6.10. The third-order valence-corrected chi connectivity index (χ3v) is 2.54. The topological polar surface area (TPSA) is 48.4 Å². The quantitative estimate of drug-likeness (QED) is 0.807. The van der Waals surface area contributed by atoms with Gasteiger partial charge in [0.25, 0.3) is 0 Å². The van der Waals surface area contributed by atoms with E-state index in [1.807, 2.05) is 0 Å². The Morgan fingerprint density at radius 3 is 2.70 bits per heavy atom. The summed E-state index contributed by atoms with van der Waals surface area (Å²) in [6.07, 6.45) is 1.33. The molecule has 2 rings (SSSR count). The second-order valence-electron chi connectivity index (χ2n) is 3.87. The lowest BCUT2D eigenvalue weighted by Crippen LogP contribution is -2.04. The van der Waals surface area contributed by atoms with Crippen molar-refractivity contribution in [2.75, 3.05) is 7.11 Å². The average Bonchev–Trinajstić information content (AvgIpc) is 2.48. The number of carbonyl (C=O) groups is 1. The van der Waals surface area contributed by atoms with E-state index < -0.39 is 17.6 Å². The highest BCUT2D eigenvalue weighted by Crippen LogP contribution is 2.20. The van der Waals surface area contributed by atoms with Gasteiger partial charge in [0, 0.05) is 6.20 Å². The number of carbonyl (C=O) groups excluding carboxylic acids is 1. The molecule has 0 atom stereocenters. The van der Waals surface area contributed by atoms with Crippen LogP contribution in [0.1, 0.15) is 16.1 Å². The van der Waals surface area contributed by atoms with Crippen LogP contribution >= 0.6 is 0 Å². The van der Waals surface area contributed by atoms with Gasteiger partial charge in [-0.15, -0.1) is 0 Å². The number of methoxy groups -OCH3 is 1. The van der Waals surface area contributed by atoms with Crippen LogP contribution in [-0.2, 0) is 11.3 Å². The highest BCUT2D eigenvalue weighted by Gasteiger charge is 2.10. The summed E-state index contributed by atoms with van der Waals surface area (Å²) in [6.45, 7) is -0.0399. The lowest BCUT2D eigenvalue weighted by Gasteiger charge is -2.07. The summed E-state index contributed by atoms with van der Waals surface area (Å²) >= 11 is 0. The maximum absolute atomic E-state index is 13.3. The van der Waals surface area contributed by atoms with Crippen LogP contribution in [-0.4, -0.2) is 18.1 Å². The van der Waals surface area contributed by atoms with Crippen LogP contribution < -0.4 is 4.74 Å². The number of ether oxygens (including phenoxy) is 2. The van der Waals surface area contributed by atoms with Crippen molar-refractivity contribution in [2.45, 2.75) is 6.61 Å². The molecule has 1 aromatic carbocycles. The Morgan fingerprint density at radius 1 is 1.25 bits per heavy atom. The highest BCUT2D eigenvalue weighted by molar-refractivity contribution is 5.88. The van der Waals surface area contributed by atoms with Gasteiger partial charge in [0.15, 0.2) is 11.6 Å². The first-order valence-electron chi connectivity index (χ1n) is 5.72. The Morgan fingerprint density at radius 2 is 2.05 bits per heavy atom. The van der Waals surface area contributed by atoms with E-state index in [1.54, 1.807) is 6.07 Å². The van der Waals surface area contributed by atoms with Crippen molar-refractivity contribution in [3.8, 4) is 5.75 Å². The Labute approximate surface area is 114 Å². The van der Waals surface area contributed by atoms with Crippen molar-refractivity contribution in [3.63, 3.8) is 0 Å². The van der Waals surface area contributed by atoms with Gasteiger partial charge in [0.05, 0.1) is 18.4 Å². The molecule has 0 aliphatic carbocycles. The number of rotatable bonds is 4. The molecule has 0 N–H and O–H groups in total. The number of aromatic nitrogens is 1. The number of halogens is 2. The molecule has 1 heterocycles. The van der Waals surface area contributed by atoms with Crippen LogP contribution in [0, 0.1) is 11.6 Å². The van der Waals surface area contributed by atoms with Crippen LogP contribution in [0.15, 0.2) is 36.5 Å². The minimum atomic E-state index is -1.04.